The second-order valence-electron chi connectivity index (χ2n) is 11.7. The molecular formula is C31H44N6O7. The molecule has 13 nitrogen and oxygen atoms in total. The molecule has 44 heavy (non-hydrogen) atoms. The largest absolute Gasteiger partial charge is 0.481 e. The van der Waals surface area contributed by atoms with Gasteiger partial charge in [-0.3, -0.25) is 28.8 Å². The highest BCUT2D eigenvalue weighted by Gasteiger charge is 2.35. The molecule has 1 saturated heterocycles. The molecule has 0 unspecified atom stereocenters. The number of aliphatic carboxylic acids is 1. The molecule has 2 aromatic rings. The Kier molecular flexibility index (Phi) is 10.8. The first-order valence-corrected chi connectivity index (χ1v) is 15.0. The predicted octanol–water partition coefficient (Wildman–Crippen LogP) is 1.12. The number of hydrogen-bond donors (Lipinski definition) is 7. The number of carbonyl (C=O) groups is 6. The molecule has 0 saturated carbocycles. The zero-order chi connectivity index (χ0) is 34.3. The molecule has 1 aliphatic heterocycles. The lowest BCUT2D eigenvalue weighted by molar-refractivity contribution is -0.138. The van der Waals surface area contributed by atoms with Crippen molar-refractivity contribution in [3.8, 4) is 0 Å². The molecule has 1 fully saturated rings. The minimum atomic E-state index is -1.52. The highest BCUT2D eigenvalue weighted by Crippen LogP contribution is 2.20. The summed E-state index contributed by atoms with van der Waals surface area (Å²) in [4.78, 5) is 82.7. The highest BCUT2D eigenvalue weighted by molar-refractivity contribution is 5.98. The van der Waals surface area contributed by atoms with E-state index in [0.717, 1.165) is 10.9 Å². The summed E-state index contributed by atoms with van der Waals surface area (Å²) in [5.74, 6) is -6.27. The maximum absolute atomic E-state index is 13.9. The lowest BCUT2D eigenvalue weighted by Gasteiger charge is -2.28. The minimum Gasteiger partial charge on any atom is -0.481 e. The van der Waals surface area contributed by atoms with E-state index in [9.17, 15) is 33.9 Å². The topological polar surface area (TPSA) is 199 Å². The lowest BCUT2D eigenvalue weighted by atomic mass is 9.96. The van der Waals surface area contributed by atoms with Gasteiger partial charge >= 0.3 is 5.97 Å². The Morgan fingerprint density at radius 2 is 1.55 bits per heavy atom. The number of H-pyrrole nitrogens is 1. The predicted molar refractivity (Wildman–Crippen MR) is 163 cm³/mol. The maximum Gasteiger partial charge on any atom is 0.303 e. The minimum absolute atomic E-state index is 0.0572. The number of nitrogens with one attached hydrogen (secondary N) is 6. The summed E-state index contributed by atoms with van der Waals surface area (Å²) in [7, 11) is 0. The highest BCUT2D eigenvalue weighted by atomic mass is 16.4. The van der Waals surface area contributed by atoms with E-state index in [1.54, 1.807) is 20.0 Å². The lowest BCUT2D eigenvalue weighted by Crippen LogP contribution is -2.59. The number of rotatable bonds is 9. The number of carbonyl (C=O) groups excluding carboxylic acids is 5. The quantitative estimate of drug-likeness (QED) is 0.219. The van der Waals surface area contributed by atoms with Crippen molar-refractivity contribution in [2.75, 3.05) is 0 Å². The molecule has 3 rings (SSSR count). The first kappa shape index (κ1) is 31.0. The molecule has 0 radical (unpaired) electrons. The smallest absolute Gasteiger partial charge is 0.303 e. The van der Waals surface area contributed by atoms with Crippen LogP contribution in [0.25, 0.3) is 10.9 Å². The van der Waals surface area contributed by atoms with Gasteiger partial charge in [0, 0.05) is 29.9 Å². The van der Waals surface area contributed by atoms with Crippen molar-refractivity contribution in [3.63, 3.8) is 0 Å². The van der Waals surface area contributed by atoms with Crippen LogP contribution < -0.4 is 26.6 Å². The third kappa shape index (κ3) is 9.04. The van der Waals surface area contributed by atoms with E-state index in [1.165, 1.54) is 6.92 Å². The summed E-state index contributed by atoms with van der Waals surface area (Å²) in [6, 6.07) is 0.425. The van der Waals surface area contributed by atoms with Gasteiger partial charge in [0.1, 0.15) is 30.2 Å². The number of amides is 5. The van der Waals surface area contributed by atoms with E-state index >= 15 is 0 Å². The second kappa shape index (κ2) is 15.3. The molecular weight excluding hydrogens is 568 g/mol. The Balaban J connectivity index is 2.14. The Morgan fingerprint density at radius 1 is 0.886 bits per heavy atom. The fourth-order valence-corrected chi connectivity index (χ4v) is 4.99. The van der Waals surface area contributed by atoms with E-state index in [1.807, 2.05) is 38.1 Å². The number of para-hydroxylation sites is 1. The summed E-state index contributed by atoms with van der Waals surface area (Å²) in [5.41, 5.74) is 1.44. The van der Waals surface area contributed by atoms with Gasteiger partial charge in [0.2, 0.25) is 29.5 Å². The summed E-state index contributed by atoms with van der Waals surface area (Å²) >= 11 is 0. The zero-order valence-electron chi connectivity index (χ0n) is 27.8. The van der Waals surface area contributed by atoms with Crippen LogP contribution in [0.4, 0.5) is 0 Å². The Labute approximate surface area is 259 Å². The van der Waals surface area contributed by atoms with Crippen LogP contribution in [-0.2, 0) is 35.2 Å². The van der Waals surface area contributed by atoms with Crippen LogP contribution in [0.3, 0.4) is 0 Å². The van der Waals surface area contributed by atoms with Crippen LogP contribution in [-0.4, -0.2) is 75.8 Å². The molecule has 0 bridgehead atoms. The van der Waals surface area contributed by atoms with Crippen molar-refractivity contribution in [1.82, 2.24) is 31.6 Å². The summed E-state index contributed by atoms with van der Waals surface area (Å²) in [6.07, 6.45) is 1.20. The summed E-state index contributed by atoms with van der Waals surface area (Å²) in [6.45, 7) is 8.37. The van der Waals surface area contributed by atoms with Crippen molar-refractivity contribution in [1.29, 1.82) is 0 Å². The van der Waals surface area contributed by atoms with Gasteiger partial charge in [0.05, 0.1) is 0 Å². The van der Waals surface area contributed by atoms with E-state index < -0.39 is 78.1 Å². The van der Waals surface area contributed by atoms with Crippen LogP contribution in [0.2, 0.25) is 2.82 Å². The van der Waals surface area contributed by atoms with Gasteiger partial charge in [-0.25, -0.2) is 0 Å². The molecule has 240 valence electrons. The van der Waals surface area contributed by atoms with Crippen LogP contribution >= 0.6 is 0 Å². The Hall–Kier alpha value is -4.42. The number of hydrogen-bond acceptors (Lipinski definition) is 6. The second-order valence-corrected chi connectivity index (χ2v) is 11.7. The number of benzene rings is 1. The normalized spacial score (nSPS) is 25.9. The number of carboxylic acids is 1. The van der Waals surface area contributed by atoms with Crippen LogP contribution in [0, 0.1) is 11.8 Å². The first-order chi connectivity index (χ1) is 21.7. The molecule has 5 amide bonds. The summed E-state index contributed by atoms with van der Waals surface area (Å²) in [5, 5.41) is 18.7. The molecule has 0 aliphatic carbocycles. The molecule has 13 heteroatoms. The number of fused-ring (bicyclic) bond motifs is 1. The van der Waals surface area contributed by atoms with Gasteiger partial charge in [0.25, 0.3) is 0 Å². The van der Waals surface area contributed by atoms with Crippen molar-refractivity contribution < 1.29 is 36.7 Å². The third-order valence-corrected chi connectivity index (χ3v) is 7.75. The third-order valence-electron chi connectivity index (χ3n) is 7.75. The van der Waals surface area contributed by atoms with Crippen molar-refractivity contribution in [3.05, 3.63) is 36.0 Å². The van der Waals surface area contributed by atoms with E-state index in [0.29, 0.717) is 22.6 Å². The van der Waals surface area contributed by atoms with E-state index in [4.69, 9.17) is 2.82 Å². The van der Waals surface area contributed by atoms with Gasteiger partial charge in [-0.05, 0) is 43.2 Å². The van der Waals surface area contributed by atoms with Crippen LogP contribution in [0.5, 0.6) is 0 Å². The fraction of sp³-hybridized carbons (Fsp3) is 0.548. The number of carboxylic acid groups (broad SMARTS) is 1. The van der Waals surface area contributed by atoms with Gasteiger partial charge in [0.15, 0.2) is 2.82 Å². The molecule has 1 aliphatic rings. The summed E-state index contributed by atoms with van der Waals surface area (Å²) < 4.78 is 17.2. The maximum atomic E-state index is 13.9. The molecule has 2 heterocycles. The van der Waals surface area contributed by atoms with Crippen LogP contribution in [0.1, 0.15) is 65.9 Å². The Morgan fingerprint density at radius 3 is 2.20 bits per heavy atom. The first-order valence-electron chi connectivity index (χ1n) is 15.9. The van der Waals surface area contributed by atoms with Crippen molar-refractivity contribution in [2.24, 2.45) is 11.8 Å². The van der Waals surface area contributed by atoms with Gasteiger partial charge in [-0.1, -0.05) is 52.3 Å². The SMILES string of the molecule is [2H]N1C(=O)[C@@H](CCC(=O)O)NC(=O)[C@H](Cc2c[nH]c3ccccc23)NC(=O)[C@H](CC(C)C)N([2H])C(=O)[C@H]([C@H](C)CC)NC(=O)[C@@H]1C. The molecule has 7 N–H and O–H groups in total. The zero-order valence-corrected chi connectivity index (χ0v) is 25.8. The Bertz CT molecular complexity index is 1450. The molecule has 1 aromatic carbocycles. The van der Waals surface area contributed by atoms with E-state index in [-0.39, 0.29) is 25.2 Å². The standard InChI is InChI=1S/C31H44N6O7/c1-6-17(4)26-31(44)36-23(13-16(2)3)29(42)35-24(14-19-15-32-21-10-8-7-9-20(19)21)30(43)34-22(11-12-25(38)39)28(41)33-18(5)27(40)37-26/h7-10,15-18,22-24,26,32H,6,11-14H2,1-5H3,(H,33,41)(H,34,43)(H,35,42)(H,36,44)(H,37,40)(H,38,39)/t17-,18+,22-,23+,24+,26+/m1/s1/i/hD2. The fourth-order valence-electron chi connectivity index (χ4n) is 4.99. The van der Waals surface area contributed by atoms with Gasteiger partial charge in [-0.15, -0.1) is 0 Å². The van der Waals surface area contributed by atoms with Crippen molar-refractivity contribution >= 4 is 46.4 Å². The number of aromatic nitrogens is 1. The van der Waals surface area contributed by atoms with Crippen molar-refractivity contribution in [2.45, 2.75) is 96.9 Å². The monoisotopic (exact) mass is 614 g/mol. The number of aromatic amines is 1. The van der Waals surface area contributed by atoms with Gasteiger partial charge in [-0.2, -0.15) is 0 Å². The van der Waals surface area contributed by atoms with E-state index in [2.05, 4.69) is 20.9 Å². The molecule has 1 aromatic heterocycles. The average Bonchev–Trinajstić information content (AvgIpc) is 3.43. The molecule has 0 spiro atoms. The molecule has 6 atom stereocenters. The average molecular weight is 615 g/mol. The van der Waals surface area contributed by atoms with Crippen LogP contribution in [0.15, 0.2) is 30.5 Å². The van der Waals surface area contributed by atoms with Gasteiger partial charge < -0.3 is 36.7 Å².